The van der Waals surface area contributed by atoms with Crippen molar-refractivity contribution in [2.75, 3.05) is 19.6 Å². The lowest BCUT2D eigenvalue weighted by molar-refractivity contribution is -0.142. The van der Waals surface area contributed by atoms with Gasteiger partial charge in [0.05, 0.1) is 5.92 Å². The lowest BCUT2D eigenvalue weighted by atomic mass is 9.97. The second kappa shape index (κ2) is 8.38. The number of halogens is 2. The van der Waals surface area contributed by atoms with Gasteiger partial charge >= 0.3 is 5.97 Å². The van der Waals surface area contributed by atoms with E-state index in [0.717, 1.165) is 13.1 Å². The molecule has 2 atom stereocenters. The Bertz CT molecular complexity index is 389. The number of nitrogens with zero attached hydrogens (tertiary/aromatic N) is 1. The number of benzene rings is 1. The van der Waals surface area contributed by atoms with Crippen LogP contribution in [0, 0.1) is 11.8 Å². The minimum absolute atomic E-state index is 0. The molecule has 1 aliphatic heterocycles. The molecular formula is C13H20Cl2N2O2. The zero-order valence-corrected chi connectivity index (χ0v) is 12.2. The molecule has 0 spiro atoms. The minimum atomic E-state index is -0.726. The van der Waals surface area contributed by atoms with E-state index < -0.39 is 5.97 Å². The first kappa shape index (κ1) is 18.2. The predicted octanol–water partition coefficient (Wildman–Crippen LogP) is 1.62. The van der Waals surface area contributed by atoms with Crippen LogP contribution in [0.5, 0.6) is 0 Å². The molecule has 108 valence electrons. The molecule has 19 heavy (non-hydrogen) atoms. The molecule has 4 nitrogen and oxygen atoms in total. The summed E-state index contributed by atoms with van der Waals surface area (Å²) in [6, 6.07) is 10.1. The van der Waals surface area contributed by atoms with Crippen LogP contribution in [0.25, 0.3) is 0 Å². The van der Waals surface area contributed by atoms with Crippen LogP contribution in [-0.4, -0.2) is 35.6 Å². The Kier molecular flexibility index (Phi) is 8.02. The van der Waals surface area contributed by atoms with Crippen molar-refractivity contribution in [1.82, 2.24) is 4.90 Å². The Balaban J connectivity index is 0.00000162. The quantitative estimate of drug-likeness (QED) is 0.887. The molecule has 0 saturated carbocycles. The number of carbonyl (C=O) groups is 1. The number of rotatable bonds is 4. The molecule has 1 heterocycles. The van der Waals surface area contributed by atoms with Crippen LogP contribution in [0.15, 0.2) is 30.3 Å². The van der Waals surface area contributed by atoms with Crippen molar-refractivity contribution < 1.29 is 9.90 Å². The van der Waals surface area contributed by atoms with Crippen LogP contribution in [0.2, 0.25) is 0 Å². The number of carboxylic acids is 1. The third kappa shape index (κ3) is 4.66. The van der Waals surface area contributed by atoms with Crippen molar-refractivity contribution in [2.24, 2.45) is 17.6 Å². The van der Waals surface area contributed by atoms with E-state index in [4.69, 9.17) is 10.8 Å². The predicted molar refractivity (Wildman–Crippen MR) is 79.9 cm³/mol. The first-order valence-corrected chi connectivity index (χ1v) is 5.90. The average Bonchev–Trinajstić information content (AvgIpc) is 2.73. The molecule has 1 aromatic carbocycles. The van der Waals surface area contributed by atoms with E-state index in [-0.39, 0.29) is 36.6 Å². The molecule has 0 bridgehead atoms. The first-order valence-electron chi connectivity index (χ1n) is 5.90. The summed E-state index contributed by atoms with van der Waals surface area (Å²) in [6.07, 6.45) is 0. The Labute approximate surface area is 125 Å². The van der Waals surface area contributed by atoms with E-state index in [1.54, 1.807) is 0 Å². The number of nitrogens with two attached hydrogens (primary N) is 1. The summed E-state index contributed by atoms with van der Waals surface area (Å²) in [5.74, 6) is -0.962. The molecule has 2 rings (SSSR count). The summed E-state index contributed by atoms with van der Waals surface area (Å²) >= 11 is 0. The molecular weight excluding hydrogens is 287 g/mol. The van der Waals surface area contributed by atoms with E-state index >= 15 is 0 Å². The smallest absolute Gasteiger partial charge is 0.308 e. The van der Waals surface area contributed by atoms with Gasteiger partial charge in [-0.1, -0.05) is 30.3 Å². The molecule has 0 radical (unpaired) electrons. The van der Waals surface area contributed by atoms with Gasteiger partial charge in [0.25, 0.3) is 0 Å². The zero-order chi connectivity index (χ0) is 12.3. The van der Waals surface area contributed by atoms with Crippen molar-refractivity contribution in [1.29, 1.82) is 0 Å². The van der Waals surface area contributed by atoms with Crippen molar-refractivity contribution >= 4 is 30.8 Å². The average molecular weight is 307 g/mol. The van der Waals surface area contributed by atoms with Crippen LogP contribution in [0.3, 0.4) is 0 Å². The number of aliphatic carboxylic acids is 1. The molecule has 0 unspecified atom stereocenters. The van der Waals surface area contributed by atoms with Crippen LogP contribution >= 0.6 is 24.8 Å². The summed E-state index contributed by atoms with van der Waals surface area (Å²) < 4.78 is 0. The highest BCUT2D eigenvalue weighted by molar-refractivity contribution is 5.85. The molecule has 1 fully saturated rings. The van der Waals surface area contributed by atoms with Gasteiger partial charge in [0.1, 0.15) is 0 Å². The summed E-state index contributed by atoms with van der Waals surface area (Å²) in [5.41, 5.74) is 6.84. The normalized spacial score (nSPS) is 22.4. The van der Waals surface area contributed by atoms with Gasteiger partial charge in [-0.25, -0.2) is 0 Å². The van der Waals surface area contributed by atoms with Crippen LogP contribution in [0.4, 0.5) is 0 Å². The molecule has 0 aliphatic carbocycles. The van der Waals surface area contributed by atoms with Gasteiger partial charge in [-0.15, -0.1) is 24.8 Å². The van der Waals surface area contributed by atoms with E-state index in [0.29, 0.717) is 13.1 Å². The molecule has 1 saturated heterocycles. The van der Waals surface area contributed by atoms with Crippen LogP contribution < -0.4 is 5.73 Å². The van der Waals surface area contributed by atoms with Gasteiger partial charge in [0.15, 0.2) is 0 Å². The van der Waals surface area contributed by atoms with Gasteiger partial charge in [-0.2, -0.15) is 0 Å². The number of hydrogen-bond acceptors (Lipinski definition) is 3. The van der Waals surface area contributed by atoms with Crippen molar-refractivity contribution in [3.05, 3.63) is 35.9 Å². The topological polar surface area (TPSA) is 66.6 Å². The van der Waals surface area contributed by atoms with E-state index in [1.165, 1.54) is 5.56 Å². The lowest BCUT2D eigenvalue weighted by Gasteiger charge is -2.15. The Morgan fingerprint density at radius 1 is 1.26 bits per heavy atom. The fourth-order valence-electron chi connectivity index (χ4n) is 2.45. The van der Waals surface area contributed by atoms with E-state index in [1.807, 2.05) is 18.2 Å². The molecule has 6 heteroatoms. The number of likely N-dealkylation sites (tertiary alicyclic amines) is 1. The van der Waals surface area contributed by atoms with Crippen molar-refractivity contribution in [3.8, 4) is 0 Å². The van der Waals surface area contributed by atoms with Crippen LogP contribution in [-0.2, 0) is 11.3 Å². The van der Waals surface area contributed by atoms with Gasteiger partial charge in [-0.05, 0) is 18.0 Å². The van der Waals surface area contributed by atoms with E-state index in [2.05, 4.69) is 17.0 Å². The van der Waals surface area contributed by atoms with E-state index in [9.17, 15) is 4.79 Å². The van der Waals surface area contributed by atoms with Crippen LogP contribution in [0.1, 0.15) is 5.56 Å². The largest absolute Gasteiger partial charge is 0.481 e. The highest BCUT2D eigenvalue weighted by Gasteiger charge is 2.36. The molecule has 1 aromatic rings. The second-order valence-electron chi connectivity index (χ2n) is 4.62. The maximum atomic E-state index is 11.1. The van der Waals surface area contributed by atoms with Crippen molar-refractivity contribution in [3.63, 3.8) is 0 Å². The lowest BCUT2D eigenvalue weighted by Crippen LogP contribution is -2.27. The SMILES string of the molecule is Cl.Cl.NC[C@@H]1CN(Cc2ccccc2)C[C@H]1C(=O)O. The fourth-order valence-corrected chi connectivity index (χ4v) is 2.45. The zero-order valence-electron chi connectivity index (χ0n) is 10.6. The van der Waals surface area contributed by atoms with Gasteiger partial charge in [-0.3, -0.25) is 9.69 Å². The van der Waals surface area contributed by atoms with Gasteiger partial charge in [0.2, 0.25) is 0 Å². The Hall–Kier alpha value is -0.810. The van der Waals surface area contributed by atoms with Crippen molar-refractivity contribution in [2.45, 2.75) is 6.54 Å². The summed E-state index contributed by atoms with van der Waals surface area (Å²) in [4.78, 5) is 13.3. The Morgan fingerprint density at radius 3 is 2.37 bits per heavy atom. The fraction of sp³-hybridized carbons (Fsp3) is 0.462. The molecule has 0 aromatic heterocycles. The molecule has 3 N–H and O–H groups in total. The summed E-state index contributed by atoms with van der Waals surface area (Å²) in [6.45, 7) is 2.64. The number of carboxylic acid groups (broad SMARTS) is 1. The molecule has 0 amide bonds. The summed E-state index contributed by atoms with van der Waals surface area (Å²) in [5, 5.41) is 9.12. The maximum absolute atomic E-state index is 11.1. The first-order chi connectivity index (χ1) is 8.20. The molecule has 1 aliphatic rings. The Morgan fingerprint density at radius 2 is 1.89 bits per heavy atom. The third-order valence-corrected chi connectivity index (χ3v) is 3.39. The third-order valence-electron chi connectivity index (χ3n) is 3.39. The minimum Gasteiger partial charge on any atom is -0.481 e. The highest BCUT2D eigenvalue weighted by atomic mass is 35.5. The summed E-state index contributed by atoms with van der Waals surface area (Å²) in [7, 11) is 0. The van der Waals surface area contributed by atoms with Gasteiger partial charge in [0, 0.05) is 19.6 Å². The highest BCUT2D eigenvalue weighted by Crippen LogP contribution is 2.24. The maximum Gasteiger partial charge on any atom is 0.308 e. The number of hydrogen-bond donors (Lipinski definition) is 2. The standard InChI is InChI=1S/C13H18N2O2.2ClH/c14-6-11-8-15(9-12(11)13(16)17)7-10-4-2-1-3-5-10;;/h1-5,11-12H,6-9,14H2,(H,16,17);2*1H/t11-,12-;;/m1../s1. The monoisotopic (exact) mass is 306 g/mol. The van der Waals surface area contributed by atoms with Gasteiger partial charge < -0.3 is 10.8 Å². The second-order valence-corrected chi connectivity index (χ2v) is 4.62.